The summed E-state index contributed by atoms with van der Waals surface area (Å²) < 4.78 is 25.8. The zero-order valence-electron chi connectivity index (χ0n) is 21.3. The highest BCUT2D eigenvalue weighted by Crippen LogP contribution is 2.36. The number of imidazole rings is 1. The van der Waals surface area contributed by atoms with Crippen LogP contribution in [0.25, 0.3) is 10.1 Å². The van der Waals surface area contributed by atoms with Gasteiger partial charge in [0.1, 0.15) is 17.3 Å². The van der Waals surface area contributed by atoms with Crippen LogP contribution in [0.15, 0.2) is 59.3 Å². The third-order valence-electron chi connectivity index (χ3n) is 6.16. The van der Waals surface area contributed by atoms with E-state index < -0.39 is 23.5 Å². The molecule has 0 aliphatic rings. The van der Waals surface area contributed by atoms with Crippen LogP contribution in [-0.2, 0) is 17.9 Å². The number of halogens is 2. The number of fused-ring (bicyclic) bond motifs is 1. The smallest absolute Gasteiger partial charge is 0.287 e. The number of nitrogens with one attached hydrogen (secondary N) is 2. The lowest BCUT2D eigenvalue weighted by atomic mass is 9.96. The summed E-state index contributed by atoms with van der Waals surface area (Å²) in [4.78, 5) is 43.5. The average molecular weight is 581 g/mol. The lowest BCUT2D eigenvalue weighted by Gasteiger charge is -2.19. The fourth-order valence-corrected chi connectivity index (χ4v) is 5.40. The number of hydrogen-bond acceptors (Lipinski definition) is 8. The molecule has 2 N–H and O–H groups in total. The highest BCUT2D eigenvalue weighted by molar-refractivity contribution is 7.13. The van der Waals surface area contributed by atoms with E-state index in [1.807, 2.05) is 12.1 Å². The fraction of sp³-hybridized carbons (Fsp3) is 0.185. The van der Waals surface area contributed by atoms with Crippen LogP contribution in [-0.4, -0.2) is 36.7 Å². The standard InChI is InChI=1S/C27H22ClFN6O4S/c1-14(36)13-35-23(15(2)19-11-16(29)7-8-20(19)28)24(32-25(35)27(38)30-12-17-9-10-31-39-17)33-26(37)22-18-5-3-4-6-21(18)40-34-22/h3-11,15H,12-13H2,1-2H3,(H,30,38)(H,33,37)/t15-/m0/s1. The van der Waals surface area contributed by atoms with Crippen molar-refractivity contribution >= 4 is 56.6 Å². The minimum Gasteiger partial charge on any atom is -0.360 e. The summed E-state index contributed by atoms with van der Waals surface area (Å²) in [6.07, 6.45) is 1.44. The monoisotopic (exact) mass is 580 g/mol. The largest absolute Gasteiger partial charge is 0.360 e. The number of Topliss-reactive ketones (excluding diaryl/α,β-unsaturated/α-hetero) is 1. The quantitative estimate of drug-likeness (QED) is 0.245. The predicted octanol–water partition coefficient (Wildman–Crippen LogP) is 5.20. The maximum Gasteiger partial charge on any atom is 0.287 e. The highest BCUT2D eigenvalue weighted by atomic mass is 35.5. The molecular formula is C27H22ClFN6O4S. The first-order chi connectivity index (χ1) is 19.2. The third kappa shape index (κ3) is 5.49. The maximum absolute atomic E-state index is 14.3. The zero-order valence-corrected chi connectivity index (χ0v) is 22.8. The molecule has 2 amide bonds. The van der Waals surface area contributed by atoms with Crippen molar-refractivity contribution in [3.63, 3.8) is 0 Å². The molecule has 13 heteroatoms. The van der Waals surface area contributed by atoms with Crippen molar-refractivity contribution in [3.05, 3.63) is 94.1 Å². The van der Waals surface area contributed by atoms with E-state index in [-0.39, 0.29) is 41.2 Å². The molecule has 5 rings (SSSR count). The van der Waals surface area contributed by atoms with Gasteiger partial charge in [-0.15, -0.1) is 0 Å². The summed E-state index contributed by atoms with van der Waals surface area (Å²) in [6, 6.07) is 12.8. The molecule has 0 aliphatic carbocycles. The van der Waals surface area contributed by atoms with Crippen LogP contribution in [0.1, 0.15) is 57.9 Å². The molecule has 0 saturated carbocycles. The van der Waals surface area contributed by atoms with Crippen molar-refractivity contribution in [1.29, 1.82) is 0 Å². The number of amides is 2. The second-order valence-electron chi connectivity index (χ2n) is 8.99. The zero-order chi connectivity index (χ0) is 28.4. The van der Waals surface area contributed by atoms with Gasteiger partial charge in [-0.2, -0.15) is 4.37 Å². The number of ketones is 1. The summed E-state index contributed by atoms with van der Waals surface area (Å²) in [5.74, 6) is -2.38. The van der Waals surface area contributed by atoms with Crippen LogP contribution in [0.3, 0.4) is 0 Å². The minimum absolute atomic E-state index is 0.0128. The van der Waals surface area contributed by atoms with E-state index in [4.69, 9.17) is 16.1 Å². The normalized spacial score (nSPS) is 11.9. The summed E-state index contributed by atoms with van der Waals surface area (Å²) >= 11 is 7.60. The molecule has 3 heterocycles. The number of aromatic nitrogens is 4. The Bertz CT molecular complexity index is 1730. The molecule has 0 bridgehead atoms. The Morgan fingerprint density at radius 1 is 1.15 bits per heavy atom. The van der Waals surface area contributed by atoms with Crippen LogP contribution < -0.4 is 10.6 Å². The van der Waals surface area contributed by atoms with E-state index in [0.29, 0.717) is 22.4 Å². The van der Waals surface area contributed by atoms with E-state index in [2.05, 4.69) is 25.1 Å². The Morgan fingerprint density at radius 2 is 1.95 bits per heavy atom. The number of nitrogens with zero attached hydrogens (tertiary/aromatic N) is 4. The second kappa shape index (κ2) is 11.4. The Morgan fingerprint density at radius 3 is 2.70 bits per heavy atom. The van der Waals surface area contributed by atoms with E-state index in [9.17, 15) is 18.8 Å². The van der Waals surface area contributed by atoms with E-state index in [0.717, 1.165) is 4.70 Å². The van der Waals surface area contributed by atoms with Crippen molar-refractivity contribution in [3.8, 4) is 0 Å². The number of hydrogen-bond donors (Lipinski definition) is 2. The molecule has 40 heavy (non-hydrogen) atoms. The highest BCUT2D eigenvalue weighted by Gasteiger charge is 2.30. The average Bonchev–Trinajstić information content (AvgIpc) is 3.67. The first-order valence-electron chi connectivity index (χ1n) is 12.1. The SMILES string of the molecule is CC(=O)Cn1c(C(=O)NCc2ccno2)nc(NC(=O)c2nsc3ccccc23)c1[C@@H](C)c1cc(F)ccc1Cl. The van der Waals surface area contributed by atoms with E-state index >= 15 is 0 Å². The molecule has 10 nitrogen and oxygen atoms in total. The molecule has 5 aromatic rings. The van der Waals surface area contributed by atoms with Gasteiger partial charge in [0.15, 0.2) is 11.6 Å². The van der Waals surface area contributed by atoms with Crippen molar-refractivity contribution in [1.82, 2.24) is 24.4 Å². The van der Waals surface area contributed by atoms with E-state index in [1.165, 1.54) is 47.4 Å². The molecule has 0 saturated heterocycles. The van der Waals surface area contributed by atoms with Gasteiger partial charge in [-0.05, 0) is 48.3 Å². The maximum atomic E-state index is 14.3. The van der Waals surface area contributed by atoms with Crippen LogP contribution in [0.4, 0.5) is 10.2 Å². The van der Waals surface area contributed by atoms with Gasteiger partial charge in [-0.25, -0.2) is 9.37 Å². The topological polar surface area (TPSA) is 132 Å². The Labute approximate surface area is 236 Å². The third-order valence-corrected chi connectivity index (χ3v) is 7.34. The molecule has 1 atom stereocenters. The molecule has 0 spiro atoms. The van der Waals surface area contributed by atoms with Gasteiger partial charge in [0, 0.05) is 22.4 Å². The molecule has 3 aromatic heterocycles. The van der Waals surface area contributed by atoms with Crippen LogP contribution in [0.5, 0.6) is 0 Å². The lowest BCUT2D eigenvalue weighted by molar-refractivity contribution is -0.117. The molecule has 0 aliphatic heterocycles. The van der Waals surface area contributed by atoms with Gasteiger partial charge in [0.25, 0.3) is 11.8 Å². The van der Waals surface area contributed by atoms with Crippen molar-refractivity contribution in [2.24, 2.45) is 0 Å². The molecule has 2 aromatic carbocycles. The van der Waals surface area contributed by atoms with Crippen LogP contribution in [0, 0.1) is 5.82 Å². The first kappa shape index (κ1) is 27.2. The summed E-state index contributed by atoms with van der Waals surface area (Å²) in [5.41, 5.74) is 0.857. The lowest BCUT2D eigenvalue weighted by Crippen LogP contribution is -2.28. The van der Waals surface area contributed by atoms with Gasteiger partial charge in [0.05, 0.1) is 29.7 Å². The molecule has 0 fully saturated rings. The summed E-state index contributed by atoms with van der Waals surface area (Å²) in [5, 5.41) is 9.98. The van der Waals surface area contributed by atoms with Gasteiger partial charge in [-0.1, -0.05) is 41.9 Å². The fourth-order valence-electron chi connectivity index (χ4n) is 4.34. The minimum atomic E-state index is -0.687. The van der Waals surface area contributed by atoms with Gasteiger partial charge >= 0.3 is 0 Å². The van der Waals surface area contributed by atoms with Crippen molar-refractivity contribution in [2.45, 2.75) is 32.9 Å². The Kier molecular flexibility index (Phi) is 7.71. The van der Waals surface area contributed by atoms with Crippen molar-refractivity contribution < 1.29 is 23.3 Å². The number of benzene rings is 2. The van der Waals surface area contributed by atoms with Gasteiger partial charge in [-0.3, -0.25) is 14.4 Å². The Hall–Kier alpha value is -4.42. The van der Waals surface area contributed by atoms with Crippen LogP contribution >= 0.6 is 23.1 Å². The second-order valence-corrected chi connectivity index (χ2v) is 10.2. The summed E-state index contributed by atoms with van der Waals surface area (Å²) in [6.45, 7) is 2.86. The number of carbonyl (C=O) groups excluding carboxylic acids is 3. The van der Waals surface area contributed by atoms with Gasteiger partial charge < -0.3 is 19.7 Å². The molecule has 0 radical (unpaired) electrons. The summed E-state index contributed by atoms with van der Waals surface area (Å²) in [7, 11) is 0. The number of rotatable bonds is 9. The van der Waals surface area contributed by atoms with Crippen LogP contribution in [0.2, 0.25) is 5.02 Å². The number of anilines is 1. The molecule has 0 unspecified atom stereocenters. The molecular weight excluding hydrogens is 559 g/mol. The first-order valence-corrected chi connectivity index (χ1v) is 13.3. The number of carbonyl (C=O) groups is 3. The Balaban J connectivity index is 1.61. The predicted molar refractivity (Wildman–Crippen MR) is 147 cm³/mol. The molecule has 204 valence electrons. The van der Waals surface area contributed by atoms with Gasteiger partial charge in [0.2, 0.25) is 5.82 Å². The van der Waals surface area contributed by atoms with E-state index in [1.54, 1.807) is 25.1 Å². The van der Waals surface area contributed by atoms with Crippen molar-refractivity contribution in [2.75, 3.05) is 5.32 Å².